The number of aryl methyl sites for hydroxylation is 3. The summed E-state index contributed by atoms with van der Waals surface area (Å²) in [6, 6.07) is 4.90. The number of aliphatic imine (C=N–C) groups is 1. The Labute approximate surface area is 140 Å². The van der Waals surface area contributed by atoms with Crippen LogP contribution in [0.25, 0.3) is 0 Å². The van der Waals surface area contributed by atoms with E-state index in [0.29, 0.717) is 6.54 Å². The first-order valence-electron chi connectivity index (χ1n) is 7.62. The summed E-state index contributed by atoms with van der Waals surface area (Å²) in [5.41, 5.74) is 3.20. The molecular weight excluding hydrogens is 311 g/mol. The molecule has 1 aromatic heterocycles. The highest BCUT2D eigenvalue weighted by Gasteiger charge is 2.05. The second-order valence-electron chi connectivity index (χ2n) is 5.42. The minimum absolute atomic E-state index is 0.189. The Hall–Kier alpha value is -1.95. The maximum absolute atomic E-state index is 13.1. The Morgan fingerprint density at radius 2 is 2.04 bits per heavy atom. The third-order valence-corrected chi connectivity index (χ3v) is 4.77. The van der Waals surface area contributed by atoms with Crippen molar-refractivity contribution in [2.75, 3.05) is 13.6 Å². The zero-order valence-electron chi connectivity index (χ0n) is 14.0. The van der Waals surface area contributed by atoms with E-state index in [-0.39, 0.29) is 5.82 Å². The molecule has 0 aliphatic heterocycles. The lowest BCUT2D eigenvalue weighted by Crippen LogP contribution is -2.37. The van der Waals surface area contributed by atoms with Gasteiger partial charge in [-0.25, -0.2) is 9.37 Å². The molecule has 0 saturated carbocycles. The predicted molar refractivity (Wildman–Crippen MR) is 94.6 cm³/mol. The van der Waals surface area contributed by atoms with Crippen molar-refractivity contribution in [2.45, 2.75) is 33.7 Å². The quantitative estimate of drug-likeness (QED) is 0.652. The molecule has 0 unspecified atom stereocenters. The van der Waals surface area contributed by atoms with Crippen LogP contribution in [0.3, 0.4) is 0 Å². The summed E-state index contributed by atoms with van der Waals surface area (Å²) in [6.07, 6.45) is 0.822. The fourth-order valence-electron chi connectivity index (χ4n) is 2.25. The van der Waals surface area contributed by atoms with Crippen LogP contribution in [0.5, 0.6) is 0 Å². The highest BCUT2D eigenvalue weighted by molar-refractivity contribution is 7.11. The summed E-state index contributed by atoms with van der Waals surface area (Å²) < 4.78 is 13.1. The third-order valence-electron chi connectivity index (χ3n) is 3.69. The number of nitrogens with one attached hydrogen (secondary N) is 2. The average Bonchev–Trinajstić information content (AvgIpc) is 2.83. The van der Waals surface area contributed by atoms with E-state index < -0.39 is 0 Å². The van der Waals surface area contributed by atoms with Gasteiger partial charge in [-0.05, 0) is 50.5 Å². The molecule has 1 aromatic carbocycles. The van der Waals surface area contributed by atoms with Gasteiger partial charge in [-0.2, -0.15) is 0 Å². The van der Waals surface area contributed by atoms with E-state index in [0.717, 1.165) is 40.8 Å². The van der Waals surface area contributed by atoms with Crippen LogP contribution in [0.15, 0.2) is 23.2 Å². The van der Waals surface area contributed by atoms with Crippen LogP contribution in [0.4, 0.5) is 4.39 Å². The van der Waals surface area contributed by atoms with Gasteiger partial charge in [0.15, 0.2) is 5.96 Å². The maximum Gasteiger partial charge on any atom is 0.191 e. The fraction of sp³-hybridized carbons (Fsp3) is 0.412. The molecule has 0 fully saturated rings. The summed E-state index contributed by atoms with van der Waals surface area (Å²) >= 11 is 1.70. The zero-order chi connectivity index (χ0) is 16.8. The first-order chi connectivity index (χ1) is 11.0. The summed E-state index contributed by atoms with van der Waals surface area (Å²) in [4.78, 5) is 9.96. The van der Waals surface area contributed by atoms with Crippen molar-refractivity contribution >= 4 is 17.3 Å². The molecule has 0 bridgehead atoms. The normalized spacial score (nSPS) is 11.6. The van der Waals surface area contributed by atoms with Crippen molar-refractivity contribution < 1.29 is 4.39 Å². The van der Waals surface area contributed by atoms with Crippen molar-refractivity contribution in [1.29, 1.82) is 0 Å². The number of rotatable bonds is 5. The molecule has 0 atom stereocenters. The van der Waals surface area contributed by atoms with Gasteiger partial charge in [0, 0.05) is 18.5 Å². The van der Waals surface area contributed by atoms with Gasteiger partial charge < -0.3 is 10.6 Å². The van der Waals surface area contributed by atoms with Gasteiger partial charge in [-0.1, -0.05) is 6.07 Å². The minimum Gasteiger partial charge on any atom is -0.356 e. The molecule has 2 aromatic rings. The predicted octanol–water partition coefficient (Wildman–Crippen LogP) is 3.12. The van der Waals surface area contributed by atoms with Crippen LogP contribution in [-0.4, -0.2) is 24.5 Å². The molecule has 0 amide bonds. The second kappa shape index (κ2) is 8.06. The lowest BCUT2D eigenvalue weighted by atomic mass is 10.1. The Morgan fingerprint density at radius 3 is 2.65 bits per heavy atom. The Morgan fingerprint density at radius 1 is 1.26 bits per heavy atom. The van der Waals surface area contributed by atoms with Crippen LogP contribution < -0.4 is 10.6 Å². The third kappa shape index (κ3) is 5.03. The van der Waals surface area contributed by atoms with Crippen molar-refractivity contribution in [1.82, 2.24) is 15.6 Å². The lowest BCUT2D eigenvalue weighted by Gasteiger charge is -2.12. The van der Waals surface area contributed by atoms with Gasteiger partial charge in [0.25, 0.3) is 0 Å². The lowest BCUT2D eigenvalue weighted by molar-refractivity contribution is 0.625. The smallest absolute Gasteiger partial charge is 0.191 e. The number of nitrogens with zero attached hydrogens (tertiary/aromatic N) is 2. The SMILES string of the molecule is CN=C(NCCc1ccc(F)cc1C)NCc1nc(C)c(C)s1. The molecule has 2 N–H and O–H groups in total. The molecule has 0 saturated heterocycles. The number of hydrogen-bond donors (Lipinski definition) is 2. The van der Waals surface area contributed by atoms with Crippen LogP contribution in [0.2, 0.25) is 0 Å². The molecule has 0 aliphatic carbocycles. The molecular formula is C17H23FN4S. The van der Waals surface area contributed by atoms with E-state index in [9.17, 15) is 4.39 Å². The average molecular weight is 334 g/mol. The van der Waals surface area contributed by atoms with Crippen LogP contribution in [0.1, 0.15) is 26.7 Å². The highest BCUT2D eigenvalue weighted by Crippen LogP contribution is 2.15. The largest absolute Gasteiger partial charge is 0.356 e. The summed E-state index contributed by atoms with van der Waals surface area (Å²) in [7, 11) is 1.75. The molecule has 0 aliphatic rings. The van der Waals surface area contributed by atoms with Crippen molar-refractivity contribution in [3.8, 4) is 0 Å². The van der Waals surface area contributed by atoms with Crippen molar-refractivity contribution in [3.05, 3.63) is 50.7 Å². The number of benzene rings is 1. The molecule has 2 rings (SSSR count). The van der Waals surface area contributed by atoms with Gasteiger partial charge in [0.2, 0.25) is 0 Å². The molecule has 23 heavy (non-hydrogen) atoms. The van der Waals surface area contributed by atoms with E-state index in [4.69, 9.17) is 0 Å². The van der Waals surface area contributed by atoms with Crippen molar-refractivity contribution in [2.24, 2.45) is 4.99 Å². The topological polar surface area (TPSA) is 49.3 Å². The van der Waals surface area contributed by atoms with Crippen LogP contribution in [0, 0.1) is 26.6 Å². The molecule has 0 radical (unpaired) electrons. The van der Waals surface area contributed by atoms with E-state index in [1.54, 1.807) is 24.5 Å². The van der Waals surface area contributed by atoms with Gasteiger partial charge in [-0.15, -0.1) is 11.3 Å². The standard InChI is InChI=1S/C17H23FN4S/c1-11-9-15(18)6-5-14(11)7-8-20-17(19-4)21-10-16-22-12(2)13(3)23-16/h5-6,9H,7-8,10H2,1-4H3,(H2,19,20,21). The van der Waals surface area contributed by atoms with Gasteiger partial charge in [0.05, 0.1) is 12.2 Å². The second-order valence-corrected chi connectivity index (χ2v) is 6.71. The maximum atomic E-state index is 13.1. The summed E-state index contributed by atoms with van der Waals surface area (Å²) in [5, 5.41) is 7.59. The molecule has 1 heterocycles. The highest BCUT2D eigenvalue weighted by atomic mass is 32.1. The fourth-order valence-corrected chi connectivity index (χ4v) is 3.12. The monoisotopic (exact) mass is 334 g/mol. The van der Waals surface area contributed by atoms with E-state index >= 15 is 0 Å². The number of hydrogen-bond acceptors (Lipinski definition) is 3. The molecule has 4 nitrogen and oxygen atoms in total. The number of aromatic nitrogens is 1. The first-order valence-corrected chi connectivity index (χ1v) is 8.43. The molecule has 6 heteroatoms. The van der Waals surface area contributed by atoms with Gasteiger partial charge in [0.1, 0.15) is 10.8 Å². The Balaban J connectivity index is 1.81. The Bertz CT molecular complexity index is 674. The number of guanidine groups is 1. The minimum atomic E-state index is -0.189. The molecule has 0 spiro atoms. The molecule has 124 valence electrons. The van der Waals surface area contributed by atoms with E-state index in [2.05, 4.69) is 27.5 Å². The first kappa shape index (κ1) is 17.4. The van der Waals surface area contributed by atoms with Gasteiger partial charge in [-0.3, -0.25) is 4.99 Å². The van der Waals surface area contributed by atoms with Crippen LogP contribution >= 0.6 is 11.3 Å². The summed E-state index contributed by atoms with van der Waals surface area (Å²) in [5.74, 6) is 0.556. The summed E-state index contributed by atoms with van der Waals surface area (Å²) in [6.45, 7) is 7.43. The van der Waals surface area contributed by atoms with E-state index in [1.807, 2.05) is 19.9 Å². The van der Waals surface area contributed by atoms with Gasteiger partial charge >= 0.3 is 0 Å². The van der Waals surface area contributed by atoms with Crippen LogP contribution in [-0.2, 0) is 13.0 Å². The zero-order valence-corrected chi connectivity index (χ0v) is 14.9. The Kier molecular flexibility index (Phi) is 6.10. The van der Waals surface area contributed by atoms with Crippen molar-refractivity contribution in [3.63, 3.8) is 0 Å². The van der Waals surface area contributed by atoms with E-state index in [1.165, 1.54) is 10.9 Å². The number of halogens is 1. The number of thiazole rings is 1.